The van der Waals surface area contributed by atoms with Gasteiger partial charge in [0.15, 0.2) is 5.82 Å². The molecule has 1 aliphatic carbocycles. The van der Waals surface area contributed by atoms with Crippen molar-refractivity contribution >= 4 is 11.6 Å². The second-order valence-corrected chi connectivity index (χ2v) is 5.72. The molecule has 21 heavy (non-hydrogen) atoms. The lowest BCUT2D eigenvalue weighted by atomic mass is 10.0. The fourth-order valence-corrected chi connectivity index (χ4v) is 2.97. The first-order valence-electron chi connectivity index (χ1n) is 7.17. The van der Waals surface area contributed by atoms with E-state index in [2.05, 4.69) is 15.3 Å². The topological polar surface area (TPSA) is 37.8 Å². The summed E-state index contributed by atoms with van der Waals surface area (Å²) < 4.78 is 13.3. The molecule has 1 atom stereocenters. The second kappa shape index (κ2) is 6.08. The van der Waals surface area contributed by atoms with Gasteiger partial charge in [-0.25, -0.2) is 14.4 Å². The van der Waals surface area contributed by atoms with Gasteiger partial charge in [-0.1, -0.05) is 18.0 Å². The standard InChI is InChI=1S/C16H17ClFN3/c1-19-14-4-2-3-5-15-11(14)9-20-16(21-15)10-6-7-13(18)12(17)8-10/h6-9,14,19H,2-5H2,1H3. The fraction of sp³-hybridized carbons (Fsp3) is 0.375. The molecule has 1 N–H and O–H groups in total. The molecule has 1 heterocycles. The summed E-state index contributed by atoms with van der Waals surface area (Å²) in [7, 11) is 1.97. The van der Waals surface area contributed by atoms with E-state index in [0.717, 1.165) is 30.5 Å². The van der Waals surface area contributed by atoms with Crippen molar-refractivity contribution in [3.8, 4) is 11.4 Å². The molecular weight excluding hydrogens is 289 g/mol. The second-order valence-electron chi connectivity index (χ2n) is 5.31. The molecule has 1 aromatic heterocycles. The molecule has 2 aromatic rings. The third kappa shape index (κ3) is 2.92. The van der Waals surface area contributed by atoms with Crippen LogP contribution in [0.1, 0.15) is 36.6 Å². The summed E-state index contributed by atoms with van der Waals surface area (Å²) >= 11 is 5.84. The predicted molar refractivity (Wildman–Crippen MR) is 81.8 cm³/mol. The van der Waals surface area contributed by atoms with Crippen molar-refractivity contribution in [1.82, 2.24) is 15.3 Å². The number of aryl methyl sites for hydroxylation is 1. The molecule has 0 fully saturated rings. The SMILES string of the molecule is CNC1CCCCc2nc(-c3ccc(F)c(Cl)c3)ncc21. The van der Waals surface area contributed by atoms with Crippen molar-refractivity contribution in [2.45, 2.75) is 31.7 Å². The normalized spacial score (nSPS) is 18.1. The Balaban J connectivity index is 2.02. The van der Waals surface area contributed by atoms with Gasteiger partial charge in [0.2, 0.25) is 0 Å². The third-order valence-corrected chi connectivity index (χ3v) is 4.25. The first-order valence-corrected chi connectivity index (χ1v) is 7.55. The summed E-state index contributed by atoms with van der Waals surface area (Å²) in [5, 5.41) is 3.42. The van der Waals surface area contributed by atoms with Crippen LogP contribution in [0.5, 0.6) is 0 Å². The average molecular weight is 306 g/mol. The van der Waals surface area contributed by atoms with Gasteiger partial charge in [0.05, 0.1) is 5.02 Å². The molecule has 3 nitrogen and oxygen atoms in total. The Bertz CT molecular complexity index is 660. The minimum Gasteiger partial charge on any atom is -0.313 e. The van der Waals surface area contributed by atoms with Crippen LogP contribution in [-0.2, 0) is 6.42 Å². The van der Waals surface area contributed by atoms with Crippen LogP contribution >= 0.6 is 11.6 Å². The summed E-state index contributed by atoms with van der Waals surface area (Å²) in [5.41, 5.74) is 3.00. The van der Waals surface area contributed by atoms with E-state index in [1.54, 1.807) is 12.1 Å². The minimum atomic E-state index is -0.426. The molecule has 0 aliphatic heterocycles. The lowest BCUT2D eigenvalue weighted by Gasteiger charge is -2.16. The van der Waals surface area contributed by atoms with Gasteiger partial charge in [-0.05, 0) is 44.5 Å². The van der Waals surface area contributed by atoms with Gasteiger partial charge < -0.3 is 5.32 Å². The first-order chi connectivity index (χ1) is 10.2. The molecule has 0 radical (unpaired) electrons. The van der Waals surface area contributed by atoms with Crippen molar-refractivity contribution in [3.05, 3.63) is 46.5 Å². The number of hydrogen-bond acceptors (Lipinski definition) is 3. The summed E-state index contributed by atoms with van der Waals surface area (Å²) in [6, 6.07) is 4.90. The summed E-state index contributed by atoms with van der Waals surface area (Å²) in [5.74, 6) is 0.179. The zero-order valence-electron chi connectivity index (χ0n) is 11.9. The molecule has 0 saturated carbocycles. The highest BCUT2D eigenvalue weighted by Gasteiger charge is 2.19. The number of nitrogens with zero attached hydrogens (tertiary/aromatic N) is 2. The average Bonchev–Trinajstić information content (AvgIpc) is 2.71. The Morgan fingerprint density at radius 2 is 2.19 bits per heavy atom. The van der Waals surface area contributed by atoms with Crippen LogP contribution in [-0.4, -0.2) is 17.0 Å². The Morgan fingerprint density at radius 3 is 2.95 bits per heavy atom. The maximum atomic E-state index is 13.3. The van der Waals surface area contributed by atoms with Gasteiger partial charge in [-0.3, -0.25) is 0 Å². The Hall–Kier alpha value is -1.52. The first kappa shape index (κ1) is 14.4. The van der Waals surface area contributed by atoms with E-state index in [0.29, 0.717) is 11.9 Å². The van der Waals surface area contributed by atoms with Crippen molar-refractivity contribution in [2.24, 2.45) is 0 Å². The number of hydrogen-bond donors (Lipinski definition) is 1. The number of benzene rings is 1. The number of nitrogens with one attached hydrogen (secondary N) is 1. The van der Waals surface area contributed by atoms with E-state index in [1.165, 1.54) is 18.1 Å². The van der Waals surface area contributed by atoms with Gasteiger partial charge in [0.1, 0.15) is 5.82 Å². The van der Waals surface area contributed by atoms with Gasteiger partial charge in [0, 0.05) is 29.1 Å². The van der Waals surface area contributed by atoms with Crippen molar-refractivity contribution < 1.29 is 4.39 Å². The molecule has 0 bridgehead atoms. The predicted octanol–water partition coefficient (Wildman–Crippen LogP) is 3.92. The quantitative estimate of drug-likeness (QED) is 0.855. The maximum Gasteiger partial charge on any atom is 0.159 e. The smallest absolute Gasteiger partial charge is 0.159 e. The van der Waals surface area contributed by atoms with Crippen LogP contribution in [0.25, 0.3) is 11.4 Å². The van der Waals surface area contributed by atoms with E-state index < -0.39 is 5.82 Å². The molecule has 3 rings (SSSR count). The van der Waals surface area contributed by atoms with E-state index in [4.69, 9.17) is 11.6 Å². The number of halogens is 2. The molecular formula is C16H17ClFN3. The zero-order chi connectivity index (χ0) is 14.8. The van der Waals surface area contributed by atoms with Crippen LogP contribution in [0.4, 0.5) is 4.39 Å². The van der Waals surface area contributed by atoms with Gasteiger partial charge in [-0.15, -0.1) is 0 Å². The minimum absolute atomic E-state index is 0.0964. The van der Waals surface area contributed by atoms with Gasteiger partial charge >= 0.3 is 0 Å². The largest absolute Gasteiger partial charge is 0.313 e. The van der Waals surface area contributed by atoms with E-state index >= 15 is 0 Å². The molecule has 110 valence electrons. The van der Waals surface area contributed by atoms with Gasteiger partial charge in [0.25, 0.3) is 0 Å². The molecule has 5 heteroatoms. The summed E-state index contributed by atoms with van der Waals surface area (Å²) in [6.45, 7) is 0. The van der Waals surface area contributed by atoms with Crippen molar-refractivity contribution in [1.29, 1.82) is 0 Å². The summed E-state index contributed by atoms with van der Waals surface area (Å²) in [6.07, 6.45) is 6.26. The van der Waals surface area contributed by atoms with Crippen molar-refractivity contribution in [2.75, 3.05) is 7.05 Å². The molecule has 1 unspecified atom stereocenters. The Kier molecular flexibility index (Phi) is 4.17. The van der Waals surface area contributed by atoms with Crippen LogP contribution in [0, 0.1) is 5.82 Å². The highest BCUT2D eigenvalue weighted by atomic mass is 35.5. The number of rotatable bonds is 2. The molecule has 1 aromatic carbocycles. The number of fused-ring (bicyclic) bond motifs is 1. The van der Waals surface area contributed by atoms with Gasteiger partial charge in [-0.2, -0.15) is 0 Å². The fourth-order valence-electron chi connectivity index (χ4n) is 2.79. The molecule has 1 aliphatic rings. The van der Waals surface area contributed by atoms with Crippen LogP contribution in [0.2, 0.25) is 5.02 Å². The van der Waals surface area contributed by atoms with E-state index in [1.807, 2.05) is 13.2 Å². The highest BCUT2D eigenvalue weighted by Crippen LogP contribution is 2.29. The Labute approximate surface area is 128 Å². The number of aromatic nitrogens is 2. The maximum absolute atomic E-state index is 13.3. The zero-order valence-corrected chi connectivity index (χ0v) is 12.6. The van der Waals surface area contributed by atoms with Crippen LogP contribution < -0.4 is 5.32 Å². The molecule has 0 spiro atoms. The monoisotopic (exact) mass is 305 g/mol. The van der Waals surface area contributed by atoms with E-state index in [9.17, 15) is 4.39 Å². The van der Waals surface area contributed by atoms with Crippen LogP contribution in [0.3, 0.4) is 0 Å². The van der Waals surface area contributed by atoms with E-state index in [-0.39, 0.29) is 5.02 Å². The molecule has 0 saturated heterocycles. The lowest BCUT2D eigenvalue weighted by Crippen LogP contribution is -2.17. The van der Waals surface area contributed by atoms with Crippen LogP contribution in [0.15, 0.2) is 24.4 Å². The lowest BCUT2D eigenvalue weighted by molar-refractivity contribution is 0.532. The van der Waals surface area contributed by atoms with Crippen molar-refractivity contribution in [3.63, 3.8) is 0 Å². The Morgan fingerprint density at radius 1 is 1.33 bits per heavy atom. The summed E-state index contributed by atoms with van der Waals surface area (Å²) in [4.78, 5) is 9.12. The third-order valence-electron chi connectivity index (χ3n) is 3.96. The molecule has 0 amide bonds. The highest BCUT2D eigenvalue weighted by molar-refractivity contribution is 6.31.